The minimum Gasteiger partial charge on any atom is -0.338 e. The molecule has 0 radical (unpaired) electrons. The van der Waals surface area contributed by atoms with Crippen molar-refractivity contribution in [2.45, 2.75) is 64.3 Å². The van der Waals surface area contributed by atoms with Gasteiger partial charge in [0.15, 0.2) is 0 Å². The Morgan fingerprint density at radius 1 is 1.00 bits per heavy atom. The predicted molar refractivity (Wildman–Crippen MR) is 98.1 cm³/mol. The second-order valence-electron chi connectivity index (χ2n) is 7.44. The third-order valence-corrected chi connectivity index (χ3v) is 7.94. The van der Waals surface area contributed by atoms with E-state index < -0.39 is 10.0 Å². The highest BCUT2D eigenvalue weighted by Gasteiger charge is 2.37. The maximum absolute atomic E-state index is 13.4. The van der Waals surface area contributed by atoms with Crippen LogP contribution in [-0.2, 0) is 14.8 Å². The molecule has 1 atom stereocenters. The minimum absolute atomic E-state index is 0.0186. The number of carbonyl (C=O) groups is 1. The van der Waals surface area contributed by atoms with Gasteiger partial charge in [-0.15, -0.1) is 0 Å². The molecule has 0 bridgehead atoms. The Bertz CT molecular complexity index is 775. The Labute approximate surface area is 151 Å². The summed E-state index contributed by atoms with van der Waals surface area (Å²) in [5.74, 6) is 0.169. The van der Waals surface area contributed by atoms with Gasteiger partial charge in [-0.3, -0.25) is 4.79 Å². The van der Waals surface area contributed by atoms with Crippen LogP contribution >= 0.6 is 0 Å². The molecule has 0 spiro atoms. The molecule has 2 heterocycles. The van der Waals surface area contributed by atoms with E-state index in [4.69, 9.17) is 0 Å². The van der Waals surface area contributed by atoms with Gasteiger partial charge in [-0.25, -0.2) is 8.42 Å². The van der Waals surface area contributed by atoms with Gasteiger partial charge in [0, 0.05) is 32.1 Å². The summed E-state index contributed by atoms with van der Waals surface area (Å²) < 4.78 is 28.4. The first-order valence-electron chi connectivity index (χ1n) is 9.10. The monoisotopic (exact) mass is 364 g/mol. The van der Waals surface area contributed by atoms with Crippen LogP contribution in [0, 0.1) is 27.7 Å². The second kappa shape index (κ2) is 6.72. The third-order valence-electron chi connectivity index (χ3n) is 5.81. The molecule has 2 fully saturated rings. The van der Waals surface area contributed by atoms with Crippen LogP contribution in [0.3, 0.4) is 0 Å². The van der Waals surface area contributed by atoms with Gasteiger partial charge in [0.25, 0.3) is 0 Å². The summed E-state index contributed by atoms with van der Waals surface area (Å²) in [6.45, 7) is 9.41. The quantitative estimate of drug-likeness (QED) is 0.829. The number of rotatable bonds is 3. The maximum atomic E-state index is 13.4. The molecule has 2 aliphatic heterocycles. The first-order valence-corrected chi connectivity index (χ1v) is 10.5. The average molecular weight is 365 g/mol. The summed E-state index contributed by atoms with van der Waals surface area (Å²) in [5.41, 5.74) is 3.68. The molecule has 5 nitrogen and oxygen atoms in total. The molecule has 2 aliphatic rings. The van der Waals surface area contributed by atoms with Gasteiger partial charge >= 0.3 is 0 Å². The number of amides is 1. The lowest BCUT2D eigenvalue weighted by atomic mass is 10.0. The molecule has 0 N–H and O–H groups in total. The van der Waals surface area contributed by atoms with Crippen molar-refractivity contribution in [3.63, 3.8) is 0 Å². The van der Waals surface area contributed by atoms with Crippen LogP contribution in [0.5, 0.6) is 0 Å². The SMILES string of the molecule is Cc1cc(C)c(C)c(S(=O)(=O)N2CCCC(N3CCCC3=O)C2)c1C. The van der Waals surface area contributed by atoms with Crippen molar-refractivity contribution in [3.8, 4) is 0 Å². The van der Waals surface area contributed by atoms with E-state index in [1.165, 1.54) is 0 Å². The molecular weight excluding hydrogens is 336 g/mol. The molecule has 1 unspecified atom stereocenters. The van der Waals surface area contributed by atoms with E-state index in [0.717, 1.165) is 48.1 Å². The zero-order valence-corrected chi connectivity index (χ0v) is 16.4. The van der Waals surface area contributed by atoms with Gasteiger partial charge in [-0.05, 0) is 69.2 Å². The lowest BCUT2D eigenvalue weighted by Crippen LogP contribution is -2.50. The Kier molecular flexibility index (Phi) is 4.95. The highest BCUT2D eigenvalue weighted by atomic mass is 32.2. The van der Waals surface area contributed by atoms with Crippen molar-refractivity contribution in [3.05, 3.63) is 28.3 Å². The van der Waals surface area contributed by atoms with Crippen molar-refractivity contribution in [2.75, 3.05) is 19.6 Å². The number of sulfonamides is 1. The normalized spacial score (nSPS) is 22.6. The summed E-state index contributed by atoms with van der Waals surface area (Å²) in [5, 5.41) is 0. The molecule has 2 saturated heterocycles. The predicted octanol–water partition coefficient (Wildman–Crippen LogP) is 2.70. The van der Waals surface area contributed by atoms with Crippen molar-refractivity contribution in [1.29, 1.82) is 0 Å². The molecule has 1 aromatic carbocycles. The van der Waals surface area contributed by atoms with E-state index in [1.807, 2.05) is 38.7 Å². The van der Waals surface area contributed by atoms with Crippen LogP contribution < -0.4 is 0 Å². The number of nitrogens with zero attached hydrogens (tertiary/aromatic N) is 2. The Morgan fingerprint density at radius 2 is 1.64 bits per heavy atom. The van der Waals surface area contributed by atoms with E-state index in [1.54, 1.807) is 4.31 Å². The molecule has 1 aromatic rings. The lowest BCUT2D eigenvalue weighted by molar-refractivity contribution is -0.130. The van der Waals surface area contributed by atoms with E-state index in [-0.39, 0.29) is 11.9 Å². The summed E-state index contributed by atoms with van der Waals surface area (Å²) in [6.07, 6.45) is 3.18. The van der Waals surface area contributed by atoms with Gasteiger partial charge in [0.2, 0.25) is 15.9 Å². The largest absolute Gasteiger partial charge is 0.338 e. The lowest BCUT2D eigenvalue weighted by Gasteiger charge is -2.37. The molecule has 3 rings (SSSR count). The van der Waals surface area contributed by atoms with E-state index in [9.17, 15) is 13.2 Å². The highest BCUT2D eigenvalue weighted by molar-refractivity contribution is 7.89. The molecular formula is C19H28N2O3S. The molecule has 0 aliphatic carbocycles. The van der Waals surface area contributed by atoms with Gasteiger partial charge in [-0.2, -0.15) is 4.31 Å². The fourth-order valence-electron chi connectivity index (χ4n) is 4.15. The van der Waals surface area contributed by atoms with Crippen LogP contribution in [0.4, 0.5) is 0 Å². The van der Waals surface area contributed by atoms with Crippen molar-refractivity contribution in [1.82, 2.24) is 9.21 Å². The summed E-state index contributed by atoms with van der Waals surface area (Å²) in [4.78, 5) is 14.4. The van der Waals surface area contributed by atoms with Gasteiger partial charge in [-0.1, -0.05) is 6.07 Å². The van der Waals surface area contributed by atoms with Gasteiger partial charge in [0.05, 0.1) is 4.90 Å². The first-order chi connectivity index (χ1) is 11.7. The number of piperidine rings is 1. The molecule has 0 saturated carbocycles. The van der Waals surface area contributed by atoms with Crippen molar-refractivity contribution >= 4 is 15.9 Å². The Morgan fingerprint density at radius 3 is 2.20 bits per heavy atom. The average Bonchev–Trinajstić information content (AvgIpc) is 2.99. The first kappa shape index (κ1) is 18.4. The highest BCUT2D eigenvalue weighted by Crippen LogP contribution is 2.31. The fourth-order valence-corrected chi connectivity index (χ4v) is 6.24. The van der Waals surface area contributed by atoms with Crippen molar-refractivity contribution < 1.29 is 13.2 Å². The molecule has 138 valence electrons. The van der Waals surface area contributed by atoms with Crippen LogP contribution in [-0.4, -0.2) is 49.2 Å². The third kappa shape index (κ3) is 3.22. The standard InChI is InChI=1S/C19H28N2O3S/c1-13-11-14(2)16(4)19(15(13)3)25(23,24)20-9-5-7-17(12-20)21-10-6-8-18(21)22/h11,17H,5-10,12H2,1-4H3. The number of hydrogen-bond acceptors (Lipinski definition) is 3. The number of benzene rings is 1. The Balaban J connectivity index is 1.94. The van der Waals surface area contributed by atoms with Crippen molar-refractivity contribution in [2.24, 2.45) is 0 Å². The number of carbonyl (C=O) groups excluding carboxylic acids is 1. The number of likely N-dealkylation sites (tertiary alicyclic amines) is 1. The zero-order chi connectivity index (χ0) is 18.4. The van der Waals surface area contributed by atoms with E-state index in [0.29, 0.717) is 24.4 Å². The van der Waals surface area contributed by atoms with Gasteiger partial charge in [0.1, 0.15) is 0 Å². The van der Waals surface area contributed by atoms with Gasteiger partial charge < -0.3 is 4.90 Å². The topological polar surface area (TPSA) is 57.7 Å². The molecule has 25 heavy (non-hydrogen) atoms. The minimum atomic E-state index is -3.55. The van der Waals surface area contributed by atoms with E-state index in [2.05, 4.69) is 0 Å². The van der Waals surface area contributed by atoms with Crippen LogP contribution in [0.15, 0.2) is 11.0 Å². The number of aryl methyl sites for hydroxylation is 2. The molecule has 6 heteroatoms. The van der Waals surface area contributed by atoms with Crippen LogP contribution in [0.2, 0.25) is 0 Å². The molecule has 0 aromatic heterocycles. The second-order valence-corrected chi connectivity index (χ2v) is 9.31. The Hall–Kier alpha value is -1.40. The molecule has 1 amide bonds. The number of hydrogen-bond donors (Lipinski definition) is 0. The fraction of sp³-hybridized carbons (Fsp3) is 0.632. The smallest absolute Gasteiger partial charge is 0.243 e. The summed E-state index contributed by atoms with van der Waals surface area (Å²) in [6, 6.07) is 2.07. The zero-order valence-electron chi connectivity index (χ0n) is 15.6. The van der Waals surface area contributed by atoms with E-state index >= 15 is 0 Å². The summed E-state index contributed by atoms with van der Waals surface area (Å²) in [7, 11) is -3.55. The maximum Gasteiger partial charge on any atom is 0.243 e. The summed E-state index contributed by atoms with van der Waals surface area (Å²) >= 11 is 0. The van der Waals surface area contributed by atoms with Crippen LogP contribution in [0.25, 0.3) is 0 Å². The van der Waals surface area contributed by atoms with Crippen LogP contribution in [0.1, 0.15) is 47.9 Å².